The Morgan fingerprint density at radius 1 is 0.585 bits per heavy atom. The number of hydrogen-bond acceptors (Lipinski definition) is 4. The van der Waals surface area contributed by atoms with E-state index in [0.29, 0.717) is 10.8 Å². The van der Waals surface area contributed by atoms with Crippen LogP contribution in [-0.4, -0.2) is 80.8 Å². The second-order valence-electron chi connectivity index (χ2n) is 19.8. The first kappa shape index (κ1) is 33.7. The van der Waals surface area contributed by atoms with Crippen LogP contribution < -0.4 is 0 Å². The molecule has 240 valence electrons. The lowest BCUT2D eigenvalue weighted by Crippen LogP contribution is -2.67. The number of rotatable bonds is 9. The maximum absolute atomic E-state index is 2.97. The van der Waals surface area contributed by atoms with Crippen molar-refractivity contribution in [1.29, 1.82) is 0 Å². The Kier molecular flexibility index (Phi) is 9.32. The Balaban J connectivity index is 1.45. The van der Waals surface area contributed by atoms with Crippen LogP contribution in [0.3, 0.4) is 0 Å². The number of nitrogens with zero attached hydrogens (tertiary/aromatic N) is 4. The SMILES string of the molecule is CC(C)(C)C1CCCN(C(C)(CCC(C)(C)N2CN(C(C)(C)C)C2)CCC(C)(C)N2CC3CC2CC3C(C)(C)C)C1. The zero-order valence-electron chi connectivity index (χ0n) is 30.3. The van der Waals surface area contributed by atoms with Gasteiger partial charge in [-0.15, -0.1) is 0 Å². The minimum Gasteiger partial charge on any atom is -0.298 e. The van der Waals surface area contributed by atoms with Crippen molar-refractivity contribution < 1.29 is 0 Å². The summed E-state index contributed by atoms with van der Waals surface area (Å²) in [5.74, 6) is 2.62. The van der Waals surface area contributed by atoms with Crippen molar-refractivity contribution in [2.75, 3.05) is 33.0 Å². The van der Waals surface area contributed by atoms with Crippen molar-refractivity contribution in [2.45, 2.75) is 176 Å². The van der Waals surface area contributed by atoms with Crippen LogP contribution in [0, 0.1) is 28.6 Å². The molecule has 4 fully saturated rings. The van der Waals surface area contributed by atoms with Crippen LogP contribution in [0.1, 0.15) is 148 Å². The van der Waals surface area contributed by atoms with Gasteiger partial charge in [-0.3, -0.25) is 19.6 Å². The third-order valence-electron chi connectivity index (χ3n) is 12.9. The van der Waals surface area contributed by atoms with Crippen molar-refractivity contribution in [3.05, 3.63) is 0 Å². The molecule has 0 amide bonds. The highest BCUT2D eigenvalue weighted by Crippen LogP contribution is 2.52. The van der Waals surface area contributed by atoms with Crippen LogP contribution in [0.5, 0.6) is 0 Å². The highest BCUT2D eigenvalue weighted by Gasteiger charge is 2.52. The fourth-order valence-electron chi connectivity index (χ4n) is 9.00. The summed E-state index contributed by atoms with van der Waals surface area (Å²) in [5.41, 5.74) is 1.91. The second-order valence-corrected chi connectivity index (χ2v) is 19.8. The zero-order chi connectivity index (χ0) is 30.8. The van der Waals surface area contributed by atoms with E-state index in [1.165, 1.54) is 71.0 Å². The third kappa shape index (κ3) is 7.39. The van der Waals surface area contributed by atoms with E-state index >= 15 is 0 Å². The first-order chi connectivity index (χ1) is 18.5. The molecule has 4 nitrogen and oxygen atoms in total. The van der Waals surface area contributed by atoms with Crippen LogP contribution >= 0.6 is 0 Å². The summed E-state index contributed by atoms with van der Waals surface area (Å²) in [6.45, 7) is 40.9. The van der Waals surface area contributed by atoms with Gasteiger partial charge in [0.15, 0.2) is 0 Å². The van der Waals surface area contributed by atoms with Gasteiger partial charge in [-0.2, -0.15) is 0 Å². The van der Waals surface area contributed by atoms with E-state index in [1.807, 2.05) is 0 Å². The Bertz CT molecular complexity index is 880. The summed E-state index contributed by atoms with van der Waals surface area (Å²) in [6, 6.07) is 0.807. The molecule has 1 aliphatic carbocycles. The van der Waals surface area contributed by atoms with Gasteiger partial charge in [0.25, 0.3) is 0 Å². The first-order valence-corrected chi connectivity index (χ1v) is 17.5. The van der Waals surface area contributed by atoms with Gasteiger partial charge in [-0.05, 0) is 142 Å². The second kappa shape index (κ2) is 11.3. The molecule has 0 aromatic rings. The lowest BCUT2D eigenvalue weighted by atomic mass is 9.72. The van der Waals surface area contributed by atoms with E-state index < -0.39 is 0 Å². The summed E-state index contributed by atoms with van der Waals surface area (Å²) in [6.07, 6.45) is 10.8. The Morgan fingerprint density at radius 3 is 1.66 bits per heavy atom. The molecular formula is C37H72N4. The highest BCUT2D eigenvalue weighted by atomic mass is 15.5. The van der Waals surface area contributed by atoms with E-state index in [2.05, 4.69) is 117 Å². The average Bonchev–Trinajstić information content (AvgIpc) is 3.41. The number of fused-ring (bicyclic) bond motifs is 2. The normalized spacial score (nSPS) is 31.5. The van der Waals surface area contributed by atoms with Crippen molar-refractivity contribution in [3.63, 3.8) is 0 Å². The van der Waals surface area contributed by atoms with Crippen molar-refractivity contribution >= 4 is 0 Å². The summed E-state index contributed by atoms with van der Waals surface area (Å²) in [5, 5.41) is 0. The van der Waals surface area contributed by atoms with Crippen LogP contribution in [0.25, 0.3) is 0 Å². The van der Waals surface area contributed by atoms with Gasteiger partial charge >= 0.3 is 0 Å². The van der Waals surface area contributed by atoms with E-state index in [4.69, 9.17) is 0 Å². The third-order valence-corrected chi connectivity index (χ3v) is 12.9. The molecule has 2 bridgehead atoms. The highest BCUT2D eigenvalue weighted by molar-refractivity contribution is 5.06. The molecule has 0 spiro atoms. The fourth-order valence-corrected chi connectivity index (χ4v) is 9.00. The Labute approximate surface area is 257 Å². The molecule has 3 heterocycles. The largest absolute Gasteiger partial charge is 0.298 e. The molecule has 1 saturated carbocycles. The molecule has 5 atom stereocenters. The van der Waals surface area contributed by atoms with Crippen molar-refractivity contribution in [2.24, 2.45) is 28.6 Å². The van der Waals surface area contributed by atoms with E-state index in [1.54, 1.807) is 0 Å². The number of likely N-dealkylation sites (tertiary alicyclic amines) is 2. The predicted octanol–water partition coefficient (Wildman–Crippen LogP) is 8.71. The Morgan fingerprint density at radius 2 is 1.17 bits per heavy atom. The monoisotopic (exact) mass is 573 g/mol. The summed E-state index contributed by atoms with van der Waals surface area (Å²) >= 11 is 0. The molecule has 0 radical (unpaired) electrons. The molecule has 4 aliphatic rings. The predicted molar refractivity (Wildman–Crippen MR) is 178 cm³/mol. The summed E-state index contributed by atoms with van der Waals surface area (Å²) < 4.78 is 0. The van der Waals surface area contributed by atoms with E-state index in [-0.39, 0.29) is 22.2 Å². The van der Waals surface area contributed by atoms with Gasteiger partial charge in [-0.1, -0.05) is 41.5 Å². The number of piperidine rings is 2. The van der Waals surface area contributed by atoms with Crippen molar-refractivity contribution in [1.82, 2.24) is 19.6 Å². The molecule has 0 N–H and O–H groups in total. The minimum atomic E-state index is 0.244. The molecule has 41 heavy (non-hydrogen) atoms. The van der Waals surface area contributed by atoms with E-state index in [0.717, 1.165) is 37.1 Å². The minimum absolute atomic E-state index is 0.244. The molecule has 4 rings (SSSR count). The molecule has 0 aromatic heterocycles. The standard InChI is InChI=1S/C37H72N4/c1-32(2,3)29-16-15-21-38(25-29)37(14,19-17-35(10,11)40-26-39(27-40)34(7,8)9)20-18-36(12,13)41-24-28-22-30(41)23-31(28)33(4,5)6/h28-31H,15-27H2,1-14H3. The van der Waals surface area contributed by atoms with Crippen LogP contribution in [0.2, 0.25) is 0 Å². The maximum Gasteiger partial charge on any atom is 0.0540 e. The van der Waals surface area contributed by atoms with Gasteiger partial charge in [0.05, 0.1) is 13.3 Å². The van der Waals surface area contributed by atoms with Gasteiger partial charge in [0, 0.05) is 41.3 Å². The van der Waals surface area contributed by atoms with Gasteiger partial charge in [0.1, 0.15) is 0 Å². The molecule has 0 aromatic carbocycles. The van der Waals surface area contributed by atoms with Gasteiger partial charge < -0.3 is 0 Å². The summed E-state index contributed by atoms with van der Waals surface area (Å²) in [7, 11) is 0. The quantitative estimate of drug-likeness (QED) is 0.274. The topological polar surface area (TPSA) is 13.0 Å². The maximum atomic E-state index is 2.97. The van der Waals surface area contributed by atoms with E-state index in [9.17, 15) is 0 Å². The molecule has 3 saturated heterocycles. The molecule has 3 aliphatic heterocycles. The van der Waals surface area contributed by atoms with Crippen LogP contribution in [0.4, 0.5) is 0 Å². The molecular weight excluding hydrogens is 500 g/mol. The number of hydrogen-bond donors (Lipinski definition) is 0. The zero-order valence-corrected chi connectivity index (χ0v) is 30.3. The molecule has 4 heteroatoms. The average molecular weight is 573 g/mol. The van der Waals surface area contributed by atoms with Gasteiger partial charge in [-0.25, -0.2) is 0 Å². The van der Waals surface area contributed by atoms with Gasteiger partial charge in [0.2, 0.25) is 0 Å². The fraction of sp³-hybridized carbons (Fsp3) is 1.00. The smallest absolute Gasteiger partial charge is 0.0540 e. The summed E-state index contributed by atoms with van der Waals surface area (Å²) in [4.78, 5) is 11.3. The first-order valence-electron chi connectivity index (χ1n) is 17.5. The lowest BCUT2D eigenvalue weighted by Gasteiger charge is -2.57. The molecule has 5 unspecified atom stereocenters. The lowest BCUT2D eigenvalue weighted by molar-refractivity contribution is -0.138. The van der Waals surface area contributed by atoms with Crippen LogP contribution in [-0.2, 0) is 0 Å². The van der Waals surface area contributed by atoms with Crippen LogP contribution in [0.15, 0.2) is 0 Å². The Hall–Kier alpha value is -0.160. The van der Waals surface area contributed by atoms with Crippen molar-refractivity contribution in [3.8, 4) is 0 Å².